The van der Waals surface area contributed by atoms with Gasteiger partial charge in [-0.3, -0.25) is 4.79 Å². The van der Waals surface area contributed by atoms with Gasteiger partial charge in [0, 0.05) is 6.54 Å². The topological polar surface area (TPSA) is 83.4 Å². The first kappa shape index (κ1) is 15.1. The monoisotopic (exact) mass is 315 g/mol. The highest BCUT2D eigenvalue weighted by atomic mass is 19.1. The van der Waals surface area contributed by atoms with Crippen molar-refractivity contribution >= 4 is 11.9 Å². The van der Waals surface area contributed by atoms with Gasteiger partial charge < -0.3 is 10.0 Å². The molecule has 1 aliphatic rings. The average Bonchev–Trinajstić information content (AvgIpc) is 3.04. The van der Waals surface area contributed by atoms with Gasteiger partial charge in [-0.25, -0.2) is 19.2 Å². The summed E-state index contributed by atoms with van der Waals surface area (Å²) in [5.74, 6) is -1.87. The van der Waals surface area contributed by atoms with E-state index in [1.54, 1.807) is 17.0 Å². The Morgan fingerprint density at radius 3 is 2.61 bits per heavy atom. The number of carbonyl (C=O) groups excluding carboxylic acids is 1. The number of aromatic nitrogens is 2. The Hall–Kier alpha value is -2.83. The van der Waals surface area contributed by atoms with Gasteiger partial charge in [0.1, 0.15) is 11.5 Å². The predicted molar refractivity (Wildman–Crippen MR) is 78.4 cm³/mol. The Balaban J connectivity index is 1.84. The molecule has 3 rings (SSSR count). The molecule has 1 saturated heterocycles. The summed E-state index contributed by atoms with van der Waals surface area (Å²) >= 11 is 0. The number of rotatable bonds is 3. The van der Waals surface area contributed by atoms with Crippen molar-refractivity contribution < 1.29 is 19.1 Å². The smallest absolute Gasteiger partial charge is 0.356 e. The van der Waals surface area contributed by atoms with Crippen molar-refractivity contribution in [3.05, 3.63) is 59.4 Å². The van der Waals surface area contributed by atoms with Crippen LogP contribution in [0.2, 0.25) is 0 Å². The highest BCUT2D eigenvalue weighted by Crippen LogP contribution is 2.33. The highest BCUT2D eigenvalue weighted by Gasteiger charge is 2.31. The molecule has 7 heteroatoms. The lowest BCUT2D eigenvalue weighted by Crippen LogP contribution is -2.31. The van der Waals surface area contributed by atoms with E-state index in [1.165, 1.54) is 12.1 Å². The van der Waals surface area contributed by atoms with Crippen molar-refractivity contribution in [2.45, 2.75) is 18.9 Å². The molecule has 1 aromatic heterocycles. The maximum Gasteiger partial charge on any atom is 0.356 e. The van der Waals surface area contributed by atoms with Gasteiger partial charge in [-0.15, -0.1) is 0 Å². The van der Waals surface area contributed by atoms with Gasteiger partial charge in [-0.1, -0.05) is 12.1 Å². The van der Waals surface area contributed by atoms with Gasteiger partial charge in [0.25, 0.3) is 5.91 Å². The van der Waals surface area contributed by atoms with E-state index < -0.39 is 5.97 Å². The molecular formula is C16H14FN3O3. The third kappa shape index (κ3) is 3.03. The van der Waals surface area contributed by atoms with Gasteiger partial charge in [0.2, 0.25) is 0 Å². The molecule has 0 saturated carbocycles. The molecular weight excluding hydrogens is 301 g/mol. The Bertz CT molecular complexity index is 748. The Labute approximate surface area is 131 Å². The molecule has 2 heterocycles. The lowest BCUT2D eigenvalue weighted by molar-refractivity contribution is 0.0683. The summed E-state index contributed by atoms with van der Waals surface area (Å²) in [6.07, 6.45) is 3.78. The fourth-order valence-electron chi connectivity index (χ4n) is 2.77. The van der Waals surface area contributed by atoms with E-state index in [9.17, 15) is 14.0 Å². The van der Waals surface area contributed by atoms with Gasteiger partial charge in [0.05, 0.1) is 18.4 Å². The number of carboxylic acids is 1. The zero-order valence-electron chi connectivity index (χ0n) is 12.1. The maximum absolute atomic E-state index is 13.4. The summed E-state index contributed by atoms with van der Waals surface area (Å²) in [6.45, 7) is 0.544. The van der Waals surface area contributed by atoms with Crippen molar-refractivity contribution in [1.29, 1.82) is 0 Å². The number of halogens is 1. The van der Waals surface area contributed by atoms with Crippen LogP contribution < -0.4 is 0 Å². The van der Waals surface area contributed by atoms with Gasteiger partial charge in [0.15, 0.2) is 5.69 Å². The van der Waals surface area contributed by atoms with E-state index in [1.807, 2.05) is 0 Å². The summed E-state index contributed by atoms with van der Waals surface area (Å²) in [5.41, 5.74) is 0.605. The van der Waals surface area contributed by atoms with Crippen LogP contribution in [0.3, 0.4) is 0 Å². The molecule has 6 nitrogen and oxygen atoms in total. The minimum Gasteiger partial charge on any atom is -0.476 e. The van der Waals surface area contributed by atoms with E-state index >= 15 is 0 Å². The van der Waals surface area contributed by atoms with Crippen molar-refractivity contribution in [3.8, 4) is 0 Å². The molecule has 118 valence electrons. The summed E-state index contributed by atoms with van der Waals surface area (Å²) in [5, 5.41) is 8.81. The standard InChI is InChI=1S/C16H14FN3O3/c17-11-4-1-3-10(7-11)14-5-2-6-20(14)15(21)12-8-19-13(9-18-12)16(22)23/h1,3-4,7-9,14H,2,5-6H2,(H,22,23). The van der Waals surface area contributed by atoms with Crippen molar-refractivity contribution in [3.63, 3.8) is 0 Å². The first-order valence-electron chi connectivity index (χ1n) is 7.18. The second-order valence-corrected chi connectivity index (χ2v) is 5.30. The van der Waals surface area contributed by atoms with Crippen LogP contribution in [0.1, 0.15) is 45.4 Å². The number of benzene rings is 1. The first-order valence-corrected chi connectivity index (χ1v) is 7.18. The molecule has 0 aliphatic carbocycles. The van der Waals surface area contributed by atoms with Crippen LogP contribution in [0.25, 0.3) is 0 Å². The zero-order valence-corrected chi connectivity index (χ0v) is 12.1. The molecule has 23 heavy (non-hydrogen) atoms. The molecule has 1 atom stereocenters. The number of carboxylic acid groups (broad SMARTS) is 1. The molecule has 1 N–H and O–H groups in total. The summed E-state index contributed by atoms with van der Waals surface area (Å²) in [4.78, 5) is 32.6. The van der Waals surface area contributed by atoms with Crippen LogP contribution in [0.4, 0.5) is 4.39 Å². The summed E-state index contributed by atoms with van der Waals surface area (Å²) in [6, 6.07) is 5.99. The van der Waals surface area contributed by atoms with Crippen LogP contribution in [0.5, 0.6) is 0 Å². The number of hydrogen-bond acceptors (Lipinski definition) is 4. The molecule has 0 bridgehead atoms. The van der Waals surface area contributed by atoms with Crippen LogP contribution in [0.15, 0.2) is 36.7 Å². The van der Waals surface area contributed by atoms with Crippen LogP contribution in [-0.4, -0.2) is 38.4 Å². The van der Waals surface area contributed by atoms with E-state index in [4.69, 9.17) is 5.11 Å². The van der Waals surface area contributed by atoms with E-state index in [0.717, 1.165) is 30.8 Å². The molecule has 2 aromatic rings. The number of nitrogens with zero attached hydrogens (tertiary/aromatic N) is 3. The second-order valence-electron chi connectivity index (χ2n) is 5.30. The number of aromatic carboxylic acids is 1. The first-order chi connectivity index (χ1) is 11.1. The largest absolute Gasteiger partial charge is 0.476 e. The minimum absolute atomic E-state index is 0.0818. The molecule has 0 spiro atoms. The normalized spacial score (nSPS) is 17.3. The van der Waals surface area contributed by atoms with Crippen molar-refractivity contribution in [2.24, 2.45) is 0 Å². The number of amides is 1. The molecule has 0 radical (unpaired) electrons. The van der Waals surface area contributed by atoms with E-state index in [0.29, 0.717) is 6.54 Å². The van der Waals surface area contributed by atoms with E-state index in [-0.39, 0.29) is 29.2 Å². The molecule has 1 unspecified atom stereocenters. The molecule has 1 aromatic carbocycles. The molecule has 1 fully saturated rings. The minimum atomic E-state index is -1.20. The summed E-state index contributed by atoms with van der Waals surface area (Å²) in [7, 11) is 0. The van der Waals surface area contributed by atoms with Gasteiger partial charge >= 0.3 is 5.97 Å². The predicted octanol–water partition coefficient (Wildman–Crippen LogP) is 2.29. The van der Waals surface area contributed by atoms with Crippen LogP contribution >= 0.6 is 0 Å². The molecule has 1 amide bonds. The third-order valence-electron chi connectivity index (χ3n) is 3.84. The quantitative estimate of drug-likeness (QED) is 0.939. The van der Waals surface area contributed by atoms with Crippen molar-refractivity contribution in [1.82, 2.24) is 14.9 Å². The molecule has 1 aliphatic heterocycles. The number of likely N-dealkylation sites (tertiary alicyclic amines) is 1. The lowest BCUT2D eigenvalue weighted by atomic mass is 10.0. The SMILES string of the molecule is O=C(O)c1cnc(C(=O)N2CCCC2c2cccc(F)c2)cn1. The second kappa shape index (κ2) is 6.12. The van der Waals surface area contributed by atoms with Crippen molar-refractivity contribution in [2.75, 3.05) is 6.54 Å². The van der Waals surface area contributed by atoms with Gasteiger partial charge in [-0.05, 0) is 30.5 Å². The van der Waals surface area contributed by atoms with Crippen LogP contribution in [-0.2, 0) is 0 Å². The Morgan fingerprint density at radius 1 is 1.22 bits per heavy atom. The lowest BCUT2D eigenvalue weighted by Gasteiger charge is -2.24. The fourth-order valence-corrected chi connectivity index (χ4v) is 2.77. The number of carbonyl (C=O) groups is 2. The maximum atomic E-state index is 13.4. The van der Waals surface area contributed by atoms with E-state index in [2.05, 4.69) is 9.97 Å². The Morgan fingerprint density at radius 2 is 1.96 bits per heavy atom. The summed E-state index contributed by atoms with van der Waals surface area (Å²) < 4.78 is 13.4. The van der Waals surface area contributed by atoms with Gasteiger partial charge in [-0.2, -0.15) is 0 Å². The number of hydrogen-bond donors (Lipinski definition) is 1. The fraction of sp³-hybridized carbons (Fsp3) is 0.250. The van der Waals surface area contributed by atoms with Crippen LogP contribution in [0, 0.1) is 5.82 Å². The highest BCUT2D eigenvalue weighted by molar-refractivity contribution is 5.93. The average molecular weight is 315 g/mol. The third-order valence-corrected chi connectivity index (χ3v) is 3.84. The Kier molecular flexibility index (Phi) is 4.01. The zero-order chi connectivity index (χ0) is 16.4.